The van der Waals surface area contributed by atoms with Crippen molar-refractivity contribution in [3.63, 3.8) is 0 Å². The monoisotopic (exact) mass is 466 g/mol. The standard InChI is InChI=1S/C27H27FO6/c1-27(26(31)33-16-18-8-5-7-17-6-3-4-9-20(17)18)12-10-19(11-13-27)34-24-14-21(25(29)30)23(32-2)15-22(24)28/h3-9,14-15,19H,10-13,16H2,1-2H3,(H,29,30). The van der Waals surface area contributed by atoms with Gasteiger partial charge in [0.15, 0.2) is 11.6 Å². The van der Waals surface area contributed by atoms with Crippen LogP contribution in [-0.4, -0.2) is 30.3 Å². The van der Waals surface area contributed by atoms with Crippen LogP contribution in [0.1, 0.15) is 48.5 Å². The molecular formula is C27H27FO6. The number of carboxylic acid groups (broad SMARTS) is 1. The molecule has 1 N–H and O–H groups in total. The Morgan fingerprint density at radius 1 is 1.06 bits per heavy atom. The van der Waals surface area contributed by atoms with Crippen molar-refractivity contribution in [2.45, 2.75) is 45.3 Å². The predicted molar refractivity (Wildman–Crippen MR) is 125 cm³/mol. The second kappa shape index (κ2) is 9.71. The van der Waals surface area contributed by atoms with Crippen LogP contribution in [0.4, 0.5) is 4.39 Å². The maximum Gasteiger partial charge on any atom is 0.339 e. The number of carbonyl (C=O) groups is 2. The number of aromatic carboxylic acids is 1. The van der Waals surface area contributed by atoms with Crippen LogP contribution in [-0.2, 0) is 16.1 Å². The number of benzene rings is 3. The molecular weight excluding hydrogens is 439 g/mol. The van der Waals surface area contributed by atoms with E-state index in [2.05, 4.69) is 0 Å². The van der Waals surface area contributed by atoms with Gasteiger partial charge in [0.1, 0.15) is 17.9 Å². The maximum atomic E-state index is 14.4. The van der Waals surface area contributed by atoms with Gasteiger partial charge < -0.3 is 19.3 Å². The van der Waals surface area contributed by atoms with E-state index in [4.69, 9.17) is 14.2 Å². The first-order valence-electron chi connectivity index (χ1n) is 11.2. The average molecular weight is 467 g/mol. The van der Waals surface area contributed by atoms with Gasteiger partial charge in [-0.05, 0) is 48.9 Å². The summed E-state index contributed by atoms with van der Waals surface area (Å²) in [5, 5.41) is 11.5. The van der Waals surface area contributed by atoms with Crippen LogP contribution < -0.4 is 9.47 Å². The van der Waals surface area contributed by atoms with Crippen LogP contribution in [0, 0.1) is 11.2 Å². The van der Waals surface area contributed by atoms with E-state index in [1.165, 1.54) is 7.11 Å². The molecule has 1 aliphatic carbocycles. The molecule has 0 aliphatic heterocycles. The van der Waals surface area contributed by atoms with E-state index in [0.717, 1.165) is 28.5 Å². The summed E-state index contributed by atoms with van der Waals surface area (Å²) in [6.07, 6.45) is 1.76. The van der Waals surface area contributed by atoms with Gasteiger partial charge in [0, 0.05) is 12.1 Å². The summed E-state index contributed by atoms with van der Waals surface area (Å²) in [7, 11) is 1.28. The number of hydrogen-bond donors (Lipinski definition) is 1. The molecule has 0 amide bonds. The normalized spacial score (nSPS) is 20.0. The van der Waals surface area contributed by atoms with E-state index in [-0.39, 0.29) is 35.7 Å². The summed E-state index contributed by atoms with van der Waals surface area (Å²) in [6, 6.07) is 16.0. The first-order chi connectivity index (χ1) is 16.3. The molecule has 7 heteroatoms. The highest BCUT2D eigenvalue weighted by Crippen LogP contribution is 2.39. The lowest BCUT2D eigenvalue weighted by atomic mass is 9.74. The van der Waals surface area contributed by atoms with Gasteiger partial charge in [0.25, 0.3) is 0 Å². The first kappa shape index (κ1) is 23.5. The van der Waals surface area contributed by atoms with Gasteiger partial charge in [0.05, 0.1) is 18.6 Å². The van der Waals surface area contributed by atoms with Gasteiger partial charge >= 0.3 is 11.9 Å². The molecule has 0 spiro atoms. The van der Waals surface area contributed by atoms with Crippen molar-refractivity contribution in [1.29, 1.82) is 0 Å². The fourth-order valence-corrected chi connectivity index (χ4v) is 4.43. The molecule has 0 aromatic heterocycles. The van der Waals surface area contributed by atoms with Crippen molar-refractivity contribution >= 4 is 22.7 Å². The molecule has 34 heavy (non-hydrogen) atoms. The van der Waals surface area contributed by atoms with Gasteiger partial charge in [-0.3, -0.25) is 4.79 Å². The third-order valence-corrected chi connectivity index (χ3v) is 6.55. The predicted octanol–water partition coefficient (Wildman–Crippen LogP) is 5.76. The van der Waals surface area contributed by atoms with Gasteiger partial charge in [-0.2, -0.15) is 0 Å². The van der Waals surface area contributed by atoms with Crippen molar-refractivity contribution in [1.82, 2.24) is 0 Å². The van der Waals surface area contributed by atoms with Crippen LogP contribution in [0.15, 0.2) is 54.6 Å². The van der Waals surface area contributed by atoms with Crippen molar-refractivity contribution in [3.8, 4) is 11.5 Å². The summed E-state index contributed by atoms with van der Waals surface area (Å²) in [4.78, 5) is 24.4. The Bertz CT molecular complexity index is 1210. The number of rotatable bonds is 7. The van der Waals surface area contributed by atoms with Gasteiger partial charge in [0.2, 0.25) is 0 Å². The molecule has 0 bridgehead atoms. The smallest absolute Gasteiger partial charge is 0.339 e. The topological polar surface area (TPSA) is 82.1 Å². The lowest BCUT2D eigenvalue weighted by molar-refractivity contribution is -0.159. The third-order valence-electron chi connectivity index (χ3n) is 6.55. The lowest BCUT2D eigenvalue weighted by Gasteiger charge is -2.35. The molecule has 4 rings (SSSR count). The van der Waals surface area contributed by atoms with E-state index in [1.807, 2.05) is 49.4 Å². The Labute approximate surface area is 197 Å². The molecule has 0 heterocycles. The highest BCUT2D eigenvalue weighted by molar-refractivity contribution is 5.91. The third kappa shape index (κ3) is 4.83. The number of methoxy groups -OCH3 is 1. The molecule has 0 radical (unpaired) electrons. The summed E-state index contributed by atoms with van der Waals surface area (Å²) >= 11 is 0. The Balaban J connectivity index is 1.37. The Morgan fingerprint density at radius 2 is 1.76 bits per heavy atom. The quantitative estimate of drug-likeness (QED) is 0.446. The van der Waals surface area contributed by atoms with E-state index >= 15 is 0 Å². The zero-order valence-electron chi connectivity index (χ0n) is 19.2. The maximum absolute atomic E-state index is 14.4. The second-order valence-corrected chi connectivity index (χ2v) is 8.88. The van der Waals surface area contributed by atoms with E-state index in [0.29, 0.717) is 25.7 Å². The van der Waals surface area contributed by atoms with Crippen LogP contribution in [0.2, 0.25) is 0 Å². The number of ether oxygens (including phenoxy) is 3. The number of esters is 1. The Kier molecular flexibility index (Phi) is 6.72. The number of carboxylic acids is 1. The number of hydrogen-bond acceptors (Lipinski definition) is 5. The van der Waals surface area contributed by atoms with Crippen LogP contribution in [0.3, 0.4) is 0 Å². The van der Waals surface area contributed by atoms with Crippen molar-refractivity contribution in [2.75, 3.05) is 7.11 Å². The SMILES string of the molecule is COc1cc(F)c(OC2CCC(C)(C(=O)OCc3cccc4ccccc34)CC2)cc1C(=O)O. The van der Waals surface area contributed by atoms with Crippen LogP contribution >= 0.6 is 0 Å². The van der Waals surface area contributed by atoms with E-state index in [1.54, 1.807) is 0 Å². The van der Waals surface area contributed by atoms with E-state index < -0.39 is 17.2 Å². The van der Waals surface area contributed by atoms with Gasteiger partial charge in [-0.25, -0.2) is 9.18 Å². The Morgan fingerprint density at radius 3 is 2.47 bits per heavy atom. The first-order valence-corrected chi connectivity index (χ1v) is 11.2. The van der Waals surface area contributed by atoms with Crippen molar-refractivity contribution in [2.24, 2.45) is 5.41 Å². The fraction of sp³-hybridized carbons (Fsp3) is 0.333. The Hall–Kier alpha value is -3.61. The number of fused-ring (bicyclic) bond motifs is 1. The van der Waals surface area contributed by atoms with Crippen molar-refractivity contribution in [3.05, 3.63) is 71.5 Å². The van der Waals surface area contributed by atoms with Gasteiger partial charge in [-0.15, -0.1) is 0 Å². The number of halogens is 1. The largest absolute Gasteiger partial charge is 0.496 e. The summed E-state index contributed by atoms with van der Waals surface area (Å²) in [5.74, 6) is -2.38. The molecule has 6 nitrogen and oxygen atoms in total. The molecule has 0 saturated heterocycles. The minimum Gasteiger partial charge on any atom is -0.496 e. The molecule has 3 aromatic rings. The molecule has 1 saturated carbocycles. The average Bonchev–Trinajstić information content (AvgIpc) is 2.84. The lowest BCUT2D eigenvalue weighted by Crippen LogP contribution is -2.37. The zero-order valence-corrected chi connectivity index (χ0v) is 19.2. The minimum atomic E-state index is -1.23. The minimum absolute atomic E-state index is 0.0671. The highest BCUT2D eigenvalue weighted by Gasteiger charge is 2.40. The number of carbonyl (C=O) groups excluding carboxylic acids is 1. The van der Waals surface area contributed by atoms with Crippen molar-refractivity contribution < 1.29 is 33.3 Å². The fourth-order valence-electron chi connectivity index (χ4n) is 4.43. The highest BCUT2D eigenvalue weighted by atomic mass is 19.1. The summed E-state index contributed by atoms with van der Waals surface area (Å²) in [5.41, 5.74) is 0.127. The van der Waals surface area contributed by atoms with Crippen LogP contribution in [0.25, 0.3) is 10.8 Å². The molecule has 3 aromatic carbocycles. The van der Waals surface area contributed by atoms with E-state index in [9.17, 15) is 19.1 Å². The molecule has 1 fully saturated rings. The molecule has 178 valence electrons. The summed E-state index contributed by atoms with van der Waals surface area (Å²) < 4.78 is 30.8. The zero-order chi connectivity index (χ0) is 24.3. The molecule has 0 unspecified atom stereocenters. The second-order valence-electron chi connectivity index (χ2n) is 8.88. The molecule has 1 aliphatic rings. The summed E-state index contributed by atoms with van der Waals surface area (Å²) in [6.45, 7) is 2.08. The van der Waals surface area contributed by atoms with Gasteiger partial charge in [-0.1, -0.05) is 42.5 Å². The van der Waals surface area contributed by atoms with Crippen LogP contribution in [0.5, 0.6) is 11.5 Å². The molecule has 0 atom stereocenters.